The third-order valence-electron chi connectivity index (χ3n) is 2.52. The minimum Gasteiger partial charge on any atom is -0.202 e. The molecular formula is C8H17N5O2S. The Morgan fingerprint density at radius 1 is 1.62 bits per heavy atom. The van der Waals surface area contributed by atoms with Crippen LogP contribution in [0.5, 0.6) is 0 Å². The zero-order chi connectivity index (χ0) is 12.0. The first-order chi connectivity index (χ1) is 7.56. The molecule has 0 saturated carbocycles. The molecule has 0 spiro atoms. The summed E-state index contributed by atoms with van der Waals surface area (Å²) >= 11 is 0. The van der Waals surface area contributed by atoms with Gasteiger partial charge in [-0.3, -0.25) is 0 Å². The molecule has 1 heterocycles. The van der Waals surface area contributed by atoms with Gasteiger partial charge in [-0.25, -0.2) is 4.72 Å². The Bertz CT molecular complexity index is 363. The Kier molecular flexibility index (Phi) is 5.01. The molecule has 1 rings (SSSR count). The average Bonchev–Trinajstić information content (AvgIpc) is 2.24. The van der Waals surface area contributed by atoms with Crippen molar-refractivity contribution in [1.29, 1.82) is 0 Å². The predicted molar refractivity (Wildman–Crippen MR) is 60.9 cm³/mol. The maximum atomic E-state index is 11.8. The van der Waals surface area contributed by atoms with E-state index in [1.165, 1.54) is 4.31 Å². The Morgan fingerprint density at radius 3 is 3.00 bits per heavy atom. The Hall–Kier alpha value is -0.820. The maximum absolute atomic E-state index is 11.8. The Labute approximate surface area is 95.6 Å². The van der Waals surface area contributed by atoms with Gasteiger partial charge >= 0.3 is 0 Å². The SMILES string of the molecule is CC1CCCN(S(=O)(=O)NCCN=[N+]=[N-])C1. The number of hydrogen-bond acceptors (Lipinski definition) is 3. The van der Waals surface area contributed by atoms with Crippen LogP contribution in [0, 0.1) is 5.92 Å². The van der Waals surface area contributed by atoms with E-state index in [9.17, 15) is 8.42 Å². The second-order valence-corrected chi connectivity index (χ2v) is 5.71. The highest BCUT2D eigenvalue weighted by Crippen LogP contribution is 2.17. The van der Waals surface area contributed by atoms with Crippen molar-refractivity contribution in [3.8, 4) is 0 Å². The molecule has 0 radical (unpaired) electrons. The highest BCUT2D eigenvalue weighted by atomic mass is 32.2. The van der Waals surface area contributed by atoms with Crippen molar-refractivity contribution in [3.05, 3.63) is 10.4 Å². The minimum atomic E-state index is -3.40. The van der Waals surface area contributed by atoms with Crippen molar-refractivity contribution < 1.29 is 8.42 Å². The van der Waals surface area contributed by atoms with Gasteiger partial charge in [0.05, 0.1) is 0 Å². The van der Waals surface area contributed by atoms with E-state index < -0.39 is 10.2 Å². The van der Waals surface area contributed by atoms with Gasteiger partial charge in [0.15, 0.2) is 0 Å². The number of hydrogen-bond donors (Lipinski definition) is 1. The first kappa shape index (κ1) is 13.2. The summed E-state index contributed by atoms with van der Waals surface area (Å²) in [5.41, 5.74) is 8.05. The second-order valence-electron chi connectivity index (χ2n) is 3.96. The molecule has 1 unspecified atom stereocenters. The van der Waals surface area contributed by atoms with Crippen molar-refractivity contribution in [2.75, 3.05) is 26.2 Å². The Morgan fingerprint density at radius 2 is 2.38 bits per heavy atom. The fraction of sp³-hybridized carbons (Fsp3) is 1.00. The van der Waals surface area contributed by atoms with Crippen LogP contribution < -0.4 is 4.72 Å². The second kappa shape index (κ2) is 6.05. The summed E-state index contributed by atoms with van der Waals surface area (Å²) in [7, 11) is -3.40. The lowest BCUT2D eigenvalue weighted by Gasteiger charge is -2.29. The summed E-state index contributed by atoms with van der Waals surface area (Å²) in [6.07, 6.45) is 1.98. The van der Waals surface area contributed by atoms with Crippen LogP contribution in [0.25, 0.3) is 10.4 Å². The molecule has 1 atom stereocenters. The lowest BCUT2D eigenvalue weighted by molar-refractivity contribution is 0.278. The molecule has 7 nitrogen and oxygen atoms in total. The maximum Gasteiger partial charge on any atom is 0.279 e. The van der Waals surface area contributed by atoms with Crippen LogP contribution in [0.4, 0.5) is 0 Å². The number of nitrogens with zero attached hydrogens (tertiary/aromatic N) is 4. The van der Waals surface area contributed by atoms with Gasteiger partial charge in [0.25, 0.3) is 10.2 Å². The van der Waals surface area contributed by atoms with Crippen molar-refractivity contribution in [2.24, 2.45) is 11.0 Å². The van der Waals surface area contributed by atoms with Gasteiger partial charge in [-0.1, -0.05) is 12.0 Å². The number of piperidine rings is 1. The van der Waals surface area contributed by atoms with Gasteiger partial charge < -0.3 is 0 Å². The molecule has 1 fully saturated rings. The largest absolute Gasteiger partial charge is 0.279 e. The molecule has 92 valence electrons. The molecule has 1 saturated heterocycles. The third kappa shape index (κ3) is 3.97. The molecule has 0 amide bonds. The van der Waals surface area contributed by atoms with Gasteiger partial charge in [-0.15, -0.1) is 0 Å². The van der Waals surface area contributed by atoms with Gasteiger partial charge in [-0.05, 0) is 24.3 Å². The number of azide groups is 1. The molecule has 0 aromatic carbocycles. The summed E-state index contributed by atoms with van der Waals surface area (Å²) in [5, 5.41) is 3.27. The van der Waals surface area contributed by atoms with E-state index in [0.29, 0.717) is 19.0 Å². The lowest BCUT2D eigenvalue weighted by atomic mass is 10.0. The van der Waals surface area contributed by atoms with Crippen molar-refractivity contribution in [2.45, 2.75) is 19.8 Å². The smallest absolute Gasteiger partial charge is 0.202 e. The summed E-state index contributed by atoms with van der Waals surface area (Å²) in [6, 6.07) is 0. The van der Waals surface area contributed by atoms with Crippen molar-refractivity contribution in [3.63, 3.8) is 0 Å². The van der Waals surface area contributed by atoms with Crippen LogP contribution in [0.2, 0.25) is 0 Å². The van der Waals surface area contributed by atoms with Crippen LogP contribution in [0.15, 0.2) is 5.11 Å². The highest BCUT2D eigenvalue weighted by molar-refractivity contribution is 7.87. The fourth-order valence-electron chi connectivity index (χ4n) is 1.73. The Balaban J connectivity index is 2.46. The summed E-state index contributed by atoms with van der Waals surface area (Å²) in [5.74, 6) is 0.405. The molecule has 0 aromatic rings. The van der Waals surface area contributed by atoms with Crippen LogP contribution >= 0.6 is 0 Å². The van der Waals surface area contributed by atoms with E-state index in [-0.39, 0.29) is 13.1 Å². The average molecular weight is 247 g/mol. The molecule has 0 aromatic heterocycles. The normalized spacial score (nSPS) is 22.7. The van der Waals surface area contributed by atoms with Crippen molar-refractivity contribution >= 4 is 10.2 Å². The van der Waals surface area contributed by atoms with Gasteiger partial charge in [0.1, 0.15) is 0 Å². The predicted octanol–water partition coefficient (Wildman–Crippen LogP) is 0.863. The van der Waals surface area contributed by atoms with Crippen LogP contribution in [-0.2, 0) is 10.2 Å². The van der Waals surface area contributed by atoms with E-state index in [1.54, 1.807) is 0 Å². The third-order valence-corrected chi connectivity index (χ3v) is 4.10. The van der Waals surface area contributed by atoms with E-state index >= 15 is 0 Å². The summed E-state index contributed by atoms with van der Waals surface area (Å²) in [4.78, 5) is 2.56. The molecule has 0 bridgehead atoms. The van der Waals surface area contributed by atoms with E-state index in [2.05, 4.69) is 14.7 Å². The first-order valence-electron chi connectivity index (χ1n) is 5.32. The molecule has 8 heteroatoms. The van der Waals surface area contributed by atoms with E-state index in [1.807, 2.05) is 6.92 Å². The van der Waals surface area contributed by atoms with Crippen LogP contribution in [-0.4, -0.2) is 38.9 Å². The van der Waals surface area contributed by atoms with E-state index in [0.717, 1.165) is 12.8 Å². The fourth-order valence-corrected chi connectivity index (χ4v) is 3.08. The van der Waals surface area contributed by atoms with Gasteiger partial charge in [0, 0.05) is 31.1 Å². The quantitative estimate of drug-likeness (QED) is 0.337. The molecule has 1 N–H and O–H groups in total. The summed E-state index contributed by atoms with van der Waals surface area (Å²) < 4.78 is 27.4. The zero-order valence-electron chi connectivity index (χ0n) is 9.33. The van der Waals surface area contributed by atoms with Gasteiger partial charge in [-0.2, -0.15) is 12.7 Å². The van der Waals surface area contributed by atoms with E-state index in [4.69, 9.17) is 5.53 Å². The van der Waals surface area contributed by atoms with Crippen molar-refractivity contribution in [1.82, 2.24) is 9.03 Å². The monoisotopic (exact) mass is 247 g/mol. The molecule has 0 aliphatic carbocycles. The lowest BCUT2D eigenvalue weighted by Crippen LogP contribution is -2.46. The van der Waals surface area contributed by atoms with Crippen LogP contribution in [0.3, 0.4) is 0 Å². The highest BCUT2D eigenvalue weighted by Gasteiger charge is 2.26. The molecular weight excluding hydrogens is 230 g/mol. The first-order valence-corrected chi connectivity index (χ1v) is 6.76. The molecule has 16 heavy (non-hydrogen) atoms. The topological polar surface area (TPSA) is 98.2 Å². The zero-order valence-corrected chi connectivity index (χ0v) is 10.2. The number of nitrogens with one attached hydrogen (secondary N) is 1. The minimum absolute atomic E-state index is 0.138. The standard InChI is InChI=1S/C8H17N5O2S/c1-8-3-2-6-13(7-8)16(14,15)11-5-4-10-12-9/h8,11H,2-7H2,1H3. The van der Waals surface area contributed by atoms with Crippen LogP contribution in [0.1, 0.15) is 19.8 Å². The molecule has 1 aliphatic heterocycles. The number of rotatable bonds is 5. The molecule has 1 aliphatic rings. The summed E-state index contributed by atoms with van der Waals surface area (Å²) in [6.45, 7) is 3.47. The van der Waals surface area contributed by atoms with Gasteiger partial charge in [0.2, 0.25) is 0 Å².